The summed E-state index contributed by atoms with van der Waals surface area (Å²) in [5.41, 5.74) is 7.38. The van der Waals surface area contributed by atoms with Crippen molar-refractivity contribution >= 4 is 23.3 Å². The molecule has 0 saturated heterocycles. The minimum absolute atomic E-state index is 0.0382. The Bertz CT molecular complexity index is 687. The largest absolute Gasteiger partial charge is 0.341 e. The number of hydrogen-bond acceptors (Lipinski definition) is 3. The van der Waals surface area contributed by atoms with Gasteiger partial charge >= 0.3 is 0 Å². The van der Waals surface area contributed by atoms with Crippen molar-refractivity contribution in [1.82, 2.24) is 4.90 Å². The molecule has 0 atom stereocenters. The Labute approximate surface area is 153 Å². The van der Waals surface area contributed by atoms with Gasteiger partial charge in [-0.25, -0.2) is 0 Å². The highest BCUT2D eigenvalue weighted by molar-refractivity contribution is 6.30. The zero-order valence-corrected chi connectivity index (χ0v) is 14.9. The summed E-state index contributed by atoms with van der Waals surface area (Å²) in [5.74, 6) is -0.0931. The molecule has 132 valence electrons. The third-order valence-electron chi connectivity index (χ3n) is 4.00. The standard InChI is InChI=1S/C20H23ClN2O2/c21-18-8-6-17(7-9-18)19(24)10-11-20(25)23(15-13-22)14-12-16-4-2-1-3-5-16/h1-9H,10-15,22H2. The van der Waals surface area contributed by atoms with Crippen molar-refractivity contribution in [2.45, 2.75) is 19.3 Å². The topological polar surface area (TPSA) is 63.4 Å². The predicted octanol–water partition coefficient (Wildman–Crippen LogP) is 3.33. The Morgan fingerprint density at radius 3 is 2.24 bits per heavy atom. The zero-order valence-electron chi connectivity index (χ0n) is 14.2. The average molecular weight is 359 g/mol. The molecule has 0 heterocycles. The van der Waals surface area contributed by atoms with Crippen molar-refractivity contribution in [2.24, 2.45) is 5.73 Å². The molecule has 1 amide bonds. The summed E-state index contributed by atoms with van der Waals surface area (Å²) < 4.78 is 0. The van der Waals surface area contributed by atoms with Crippen LogP contribution in [0.15, 0.2) is 54.6 Å². The van der Waals surface area contributed by atoms with Crippen LogP contribution in [0.1, 0.15) is 28.8 Å². The molecular formula is C20H23ClN2O2. The number of benzene rings is 2. The number of nitrogens with zero attached hydrogens (tertiary/aromatic N) is 1. The average Bonchev–Trinajstić information content (AvgIpc) is 2.64. The summed E-state index contributed by atoms with van der Waals surface area (Å²) in [5, 5.41) is 0.586. The fourth-order valence-electron chi connectivity index (χ4n) is 2.58. The maximum atomic E-state index is 12.4. The van der Waals surface area contributed by atoms with E-state index in [1.807, 2.05) is 30.3 Å². The van der Waals surface area contributed by atoms with Gasteiger partial charge < -0.3 is 10.6 Å². The number of hydrogen-bond donors (Lipinski definition) is 1. The van der Waals surface area contributed by atoms with Gasteiger partial charge in [-0.1, -0.05) is 41.9 Å². The number of carbonyl (C=O) groups excluding carboxylic acids is 2. The molecule has 25 heavy (non-hydrogen) atoms. The lowest BCUT2D eigenvalue weighted by Gasteiger charge is -2.22. The molecule has 0 radical (unpaired) electrons. The van der Waals surface area contributed by atoms with Gasteiger partial charge in [0.25, 0.3) is 0 Å². The van der Waals surface area contributed by atoms with E-state index < -0.39 is 0 Å². The number of carbonyl (C=O) groups is 2. The van der Waals surface area contributed by atoms with Gasteiger partial charge in [-0.05, 0) is 36.2 Å². The second kappa shape index (κ2) is 9.97. The summed E-state index contributed by atoms with van der Waals surface area (Å²) in [6.07, 6.45) is 1.15. The maximum absolute atomic E-state index is 12.4. The van der Waals surface area contributed by atoms with Gasteiger partial charge in [0.2, 0.25) is 5.91 Å². The van der Waals surface area contributed by atoms with Gasteiger partial charge in [-0.15, -0.1) is 0 Å². The molecule has 2 aromatic rings. The van der Waals surface area contributed by atoms with Gasteiger partial charge in [0.1, 0.15) is 0 Å². The molecule has 5 heteroatoms. The fraction of sp³-hybridized carbons (Fsp3) is 0.300. The molecule has 0 aromatic heterocycles. The quantitative estimate of drug-likeness (QED) is 0.699. The van der Waals surface area contributed by atoms with E-state index in [1.54, 1.807) is 29.2 Å². The first-order valence-electron chi connectivity index (χ1n) is 8.40. The summed E-state index contributed by atoms with van der Waals surface area (Å²) in [6.45, 7) is 1.52. The van der Waals surface area contributed by atoms with Gasteiger partial charge in [0, 0.05) is 43.1 Å². The lowest BCUT2D eigenvalue weighted by Crippen LogP contribution is -2.37. The van der Waals surface area contributed by atoms with Gasteiger partial charge in [0.15, 0.2) is 5.78 Å². The van der Waals surface area contributed by atoms with Crippen molar-refractivity contribution in [3.8, 4) is 0 Å². The molecule has 2 rings (SSSR count). The first-order valence-corrected chi connectivity index (χ1v) is 8.78. The summed E-state index contributed by atoms with van der Waals surface area (Å²) in [6, 6.07) is 16.7. The Hall–Kier alpha value is -2.17. The van der Waals surface area contributed by atoms with Crippen molar-refractivity contribution in [3.05, 3.63) is 70.7 Å². The normalized spacial score (nSPS) is 10.5. The summed E-state index contributed by atoms with van der Waals surface area (Å²) in [4.78, 5) is 26.4. The van der Waals surface area contributed by atoms with Crippen LogP contribution in [0.25, 0.3) is 0 Å². The minimum Gasteiger partial charge on any atom is -0.341 e. The molecule has 0 aliphatic rings. The number of Topliss-reactive ketones (excluding diaryl/α,β-unsaturated/α-hetero) is 1. The minimum atomic E-state index is -0.0548. The van der Waals surface area contributed by atoms with Crippen LogP contribution in [0.4, 0.5) is 0 Å². The Morgan fingerprint density at radius 1 is 0.920 bits per heavy atom. The van der Waals surface area contributed by atoms with E-state index in [9.17, 15) is 9.59 Å². The van der Waals surface area contributed by atoms with E-state index >= 15 is 0 Å². The van der Waals surface area contributed by atoms with E-state index in [2.05, 4.69) is 0 Å². The molecule has 0 aliphatic carbocycles. The highest BCUT2D eigenvalue weighted by Gasteiger charge is 2.15. The van der Waals surface area contributed by atoms with Gasteiger partial charge in [0.05, 0.1) is 0 Å². The first-order chi connectivity index (χ1) is 12.1. The molecule has 0 unspecified atom stereocenters. The molecule has 2 N–H and O–H groups in total. The molecule has 0 bridgehead atoms. The van der Waals surface area contributed by atoms with Crippen LogP contribution < -0.4 is 5.73 Å². The number of ketones is 1. The summed E-state index contributed by atoms with van der Waals surface area (Å²) in [7, 11) is 0. The Morgan fingerprint density at radius 2 is 1.60 bits per heavy atom. The van der Waals surface area contributed by atoms with Crippen LogP contribution >= 0.6 is 11.6 Å². The predicted molar refractivity (Wildman–Crippen MR) is 101 cm³/mol. The van der Waals surface area contributed by atoms with E-state index in [4.69, 9.17) is 17.3 Å². The van der Waals surface area contributed by atoms with Crippen molar-refractivity contribution < 1.29 is 9.59 Å². The van der Waals surface area contributed by atoms with Crippen molar-refractivity contribution in [1.29, 1.82) is 0 Å². The molecule has 4 nitrogen and oxygen atoms in total. The van der Waals surface area contributed by atoms with Crippen LogP contribution in [0.3, 0.4) is 0 Å². The molecule has 2 aromatic carbocycles. The van der Waals surface area contributed by atoms with E-state index in [0.717, 1.165) is 6.42 Å². The Kier molecular flexibility index (Phi) is 7.64. The monoisotopic (exact) mass is 358 g/mol. The third-order valence-corrected chi connectivity index (χ3v) is 4.25. The van der Waals surface area contributed by atoms with Gasteiger partial charge in [-0.3, -0.25) is 9.59 Å². The number of halogens is 1. The van der Waals surface area contributed by atoms with Crippen molar-refractivity contribution in [3.63, 3.8) is 0 Å². The number of amides is 1. The Balaban J connectivity index is 1.86. The molecule has 0 aliphatic heterocycles. The first kappa shape index (κ1) is 19.2. The van der Waals surface area contributed by atoms with E-state index in [1.165, 1.54) is 5.56 Å². The number of nitrogens with two attached hydrogens (primary N) is 1. The lowest BCUT2D eigenvalue weighted by atomic mass is 10.1. The van der Waals surface area contributed by atoms with Gasteiger partial charge in [-0.2, -0.15) is 0 Å². The smallest absolute Gasteiger partial charge is 0.223 e. The SMILES string of the molecule is NCCN(CCc1ccccc1)C(=O)CCC(=O)c1ccc(Cl)cc1. The van der Waals surface area contributed by atoms with Crippen LogP contribution in [0, 0.1) is 0 Å². The maximum Gasteiger partial charge on any atom is 0.223 e. The van der Waals surface area contributed by atoms with E-state index in [0.29, 0.717) is 30.2 Å². The second-order valence-electron chi connectivity index (χ2n) is 5.84. The molecule has 0 spiro atoms. The van der Waals surface area contributed by atoms with Crippen LogP contribution in [0.2, 0.25) is 5.02 Å². The van der Waals surface area contributed by atoms with E-state index in [-0.39, 0.29) is 24.5 Å². The zero-order chi connectivity index (χ0) is 18.1. The third kappa shape index (κ3) is 6.33. The van der Waals surface area contributed by atoms with Crippen LogP contribution in [-0.4, -0.2) is 36.2 Å². The summed E-state index contributed by atoms with van der Waals surface area (Å²) >= 11 is 5.82. The molecular weight excluding hydrogens is 336 g/mol. The highest BCUT2D eigenvalue weighted by atomic mass is 35.5. The van der Waals surface area contributed by atoms with Crippen LogP contribution in [0.5, 0.6) is 0 Å². The van der Waals surface area contributed by atoms with Crippen molar-refractivity contribution in [2.75, 3.05) is 19.6 Å². The lowest BCUT2D eigenvalue weighted by molar-refractivity contribution is -0.131. The fourth-order valence-corrected chi connectivity index (χ4v) is 2.71. The molecule has 0 fully saturated rings. The number of rotatable bonds is 9. The molecule has 0 saturated carbocycles. The second-order valence-corrected chi connectivity index (χ2v) is 6.27. The van der Waals surface area contributed by atoms with Crippen LogP contribution in [-0.2, 0) is 11.2 Å². The highest BCUT2D eigenvalue weighted by Crippen LogP contribution is 2.12.